The zero-order chi connectivity index (χ0) is 16.6. The van der Waals surface area contributed by atoms with Gasteiger partial charge in [0, 0.05) is 29.3 Å². The molecule has 5 heteroatoms. The summed E-state index contributed by atoms with van der Waals surface area (Å²) in [5, 5.41) is 9.70. The molecule has 3 rings (SSSR count). The number of benzene rings is 1. The number of methoxy groups -OCH3 is 1. The number of carbonyl (C=O) groups excluding carboxylic acids is 1. The van der Waals surface area contributed by atoms with Gasteiger partial charge in [-0.3, -0.25) is 9.79 Å². The number of carboxylic acids is 1. The van der Waals surface area contributed by atoms with E-state index in [2.05, 4.69) is 4.99 Å². The number of fused-ring (bicyclic) bond motifs is 1. The molecule has 0 aromatic heterocycles. The van der Waals surface area contributed by atoms with E-state index in [1.165, 1.54) is 0 Å². The van der Waals surface area contributed by atoms with Crippen LogP contribution in [-0.4, -0.2) is 29.7 Å². The highest BCUT2D eigenvalue weighted by molar-refractivity contribution is 6.11. The molecule has 0 spiro atoms. The molecule has 2 atom stereocenters. The van der Waals surface area contributed by atoms with Gasteiger partial charge < -0.3 is 9.84 Å². The Balaban J connectivity index is 2.22. The first-order valence-corrected chi connectivity index (χ1v) is 7.71. The number of hydrogen-bond acceptors (Lipinski definition) is 4. The summed E-state index contributed by atoms with van der Waals surface area (Å²) < 4.78 is 5.41. The van der Waals surface area contributed by atoms with Crippen LogP contribution in [0.3, 0.4) is 0 Å². The number of carbonyl (C=O) groups is 2. The van der Waals surface area contributed by atoms with Crippen LogP contribution in [0.25, 0.3) is 0 Å². The van der Waals surface area contributed by atoms with Crippen molar-refractivity contribution in [1.82, 2.24) is 0 Å². The fraction of sp³-hybridized carbons (Fsp3) is 0.389. The SMILES string of the molecule is COc1ccccc1C1C(C(=O)O)=C(C)N=C2CCCC(=O)C21. The van der Waals surface area contributed by atoms with E-state index in [1.54, 1.807) is 20.1 Å². The normalized spacial score (nSPS) is 24.1. The minimum atomic E-state index is -1.03. The van der Waals surface area contributed by atoms with E-state index in [0.29, 0.717) is 17.9 Å². The second kappa shape index (κ2) is 5.99. The molecule has 2 aliphatic rings. The van der Waals surface area contributed by atoms with Gasteiger partial charge in [0.2, 0.25) is 0 Å². The molecule has 5 nitrogen and oxygen atoms in total. The Hall–Kier alpha value is -2.43. The van der Waals surface area contributed by atoms with Gasteiger partial charge in [-0.2, -0.15) is 0 Å². The Morgan fingerprint density at radius 2 is 2.00 bits per heavy atom. The van der Waals surface area contributed by atoms with Crippen molar-refractivity contribution in [3.63, 3.8) is 0 Å². The Labute approximate surface area is 134 Å². The summed E-state index contributed by atoms with van der Waals surface area (Å²) >= 11 is 0. The molecule has 23 heavy (non-hydrogen) atoms. The average molecular weight is 313 g/mol. The molecule has 2 unspecified atom stereocenters. The van der Waals surface area contributed by atoms with Crippen molar-refractivity contribution >= 4 is 17.5 Å². The predicted octanol–water partition coefficient (Wildman–Crippen LogP) is 2.96. The maximum Gasteiger partial charge on any atom is 0.334 e. The lowest BCUT2D eigenvalue weighted by atomic mass is 9.69. The van der Waals surface area contributed by atoms with Crippen LogP contribution in [0.15, 0.2) is 40.5 Å². The number of Topliss-reactive ketones (excluding diaryl/α,β-unsaturated/α-hetero) is 1. The highest BCUT2D eigenvalue weighted by Gasteiger charge is 2.44. The molecule has 1 aromatic rings. The van der Waals surface area contributed by atoms with E-state index in [4.69, 9.17) is 4.74 Å². The first kappa shape index (κ1) is 15.5. The van der Waals surface area contributed by atoms with E-state index in [0.717, 1.165) is 24.1 Å². The minimum Gasteiger partial charge on any atom is -0.496 e. The topological polar surface area (TPSA) is 76.0 Å². The monoisotopic (exact) mass is 313 g/mol. The summed E-state index contributed by atoms with van der Waals surface area (Å²) in [6.45, 7) is 1.70. The average Bonchev–Trinajstić information content (AvgIpc) is 2.53. The molecule has 1 aromatic carbocycles. The van der Waals surface area contributed by atoms with Gasteiger partial charge in [-0.25, -0.2) is 4.79 Å². The highest BCUT2D eigenvalue weighted by atomic mass is 16.5. The Kier molecular flexibility index (Phi) is 4.03. The van der Waals surface area contributed by atoms with Gasteiger partial charge in [-0.05, 0) is 25.8 Å². The van der Waals surface area contributed by atoms with Gasteiger partial charge in [0.25, 0.3) is 0 Å². The van der Waals surface area contributed by atoms with Crippen LogP contribution in [0.2, 0.25) is 0 Å². The van der Waals surface area contributed by atoms with Gasteiger partial charge in [-0.1, -0.05) is 18.2 Å². The summed E-state index contributed by atoms with van der Waals surface area (Å²) in [6, 6.07) is 7.30. The minimum absolute atomic E-state index is 0.0668. The molecule has 0 bridgehead atoms. The van der Waals surface area contributed by atoms with Crippen LogP contribution >= 0.6 is 0 Å². The number of nitrogens with zero attached hydrogens (tertiary/aromatic N) is 1. The van der Waals surface area contributed by atoms with Gasteiger partial charge >= 0.3 is 5.97 Å². The fourth-order valence-corrected chi connectivity index (χ4v) is 3.66. The molecular weight excluding hydrogens is 294 g/mol. The third-order valence-corrected chi connectivity index (χ3v) is 4.61. The maximum atomic E-state index is 12.5. The number of carboxylic acid groups (broad SMARTS) is 1. The van der Waals surface area contributed by atoms with Crippen molar-refractivity contribution in [2.24, 2.45) is 10.9 Å². The summed E-state index contributed by atoms with van der Waals surface area (Å²) in [6.07, 6.45) is 2.00. The Morgan fingerprint density at radius 1 is 1.26 bits per heavy atom. The lowest BCUT2D eigenvalue weighted by Gasteiger charge is -2.35. The van der Waals surface area contributed by atoms with Crippen LogP contribution < -0.4 is 4.74 Å². The molecule has 1 heterocycles. The van der Waals surface area contributed by atoms with Crippen molar-refractivity contribution in [3.8, 4) is 5.75 Å². The van der Waals surface area contributed by atoms with Crippen molar-refractivity contribution < 1.29 is 19.4 Å². The standard InChI is InChI=1S/C18H19NO4/c1-10-15(18(21)22)16(11-6-3-4-9-14(11)23-2)17-12(19-10)7-5-8-13(17)20/h3-4,6,9,16-17H,5,7-8H2,1-2H3,(H,21,22). The van der Waals surface area contributed by atoms with Crippen molar-refractivity contribution in [2.45, 2.75) is 32.1 Å². The van der Waals surface area contributed by atoms with E-state index < -0.39 is 17.8 Å². The van der Waals surface area contributed by atoms with Gasteiger partial charge in [0.1, 0.15) is 11.5 Å². The highest BCUT2D eigenvalue weighted by Crippen LogP contribution is 2.45. The molecule has 1 aliphatic heterocycles. The number of ether oxygens (including phenoxy) is 1. The lowest BCUT2D eigenvalue weighted by molar-refractivity contribution is -0.133. The third-order valence-electron chi connectivity index (χ3n) is 4.61. The van der Waals surface area contributed by atoms with Crippen molar-refractivity contribution in [3.05, 3.63) is 41.1 Å². The number of rotatable bonds is 3. The van der Waals surface area contributed by atoms with E-state index >= 15 is 0 Å². The van der Waals surface area contributed by atoms with Gasteiger partial charge in [0.15, 0.2) is 0 Å². The summed E-state index contributed by atoms with van der Waals surface area (Å²) in [5.74, 6) is -1.39. The fourth-order valence-electron chi connectivity index (χ4n) is 3.66. The number of aliphatic carboxylic acids is 1. The van der Waals surface area contributed by atoms with E-state index in [-0.39, 0.29) is 11.4 Å². The second-order valence-electron chi connectivity index (χ2n) is 5.92. The van der Waals surface area contributed by atoms with E-state index in [9.17, 15) is 14.7 Å². The molecule has 0 saturated heterocycles. The van der Waals surface area contributed by atoms with Crippen LogP contribution in [-0.2, 0) is 9.59 Å². The van der Waals surface area contributed by atoms with Crippen LogP contribution in [0.1, 0.15) is 37.7 Å². The molecule has 1 N–H and O–H groups in total. The zero-order valence-electron chi connectivity index (χ0n) is 13.2. The van der Waals surface area contributed by atoms with Gasteiger partial charge in [0.05, 0.1) is 18.6 Å². The second-order valence-corrected chi connectivity index (χ2v) is 5.92. The van der Waals surface area contributed by atoms with Crippen LogP contribution in [0.4, 0.5) is 0 Å². The molecule has 1 aliphatic carbocycles. The van der Waals surface area contributed by atoms with Crippen molar-refractivity contribution in [2.75, 3.05) is 7.11 Å². The lowest BCUT2D eigenvalue weighted by Crippen LogP contribution is -2.38. The first-order chi connectivity index (χ1) is 11.0. The van der Waals surface area contributed by atoms with Crippen LogP contribution in [0.5, 0.6) is 5.75 Å². The maximum absolute atomic E-state index is 12.5. The smallest absolute Gasteiger partial charge is 0.334 e. The third kappa shape index (κ3) is 2.56. The van der Waals surface area contributed by atoms with E-state index in [1.807, 2.05) is 18.2 Å². The Morgan fingerprint density at radius 3 is 2.70 bits per heavy atom. The summed E-state index contributed by atoms with van der Waals surface area (Å²) in [4.78, 5) is 28.8. The number of aliphatic imine (C=N–C) groups is 1. The largest absolute Gasteiger partial charge is 0.496 e. The van der Waals surface area contributed by atoms with Crippen molar-refractivity contribution in [1.29, 1.82) is 0 Å². The molecule has 0 amide bonds. The number of ketones is 1. The molecule has 0 radical (unpaired) electrons. The zero-order valence-corrected chi connectivity index (χ0v) is 13.2. The number of allylic oxidation sites excluding steroid dienone is 1. The molecule has 1 fully saturated rings. The Bertz CT molecular complexity index is 732. The number of hydrogen-bond donors (Lipinski definition) is 1. The summed E-state index contributed by atoms with van der Waals surface area (Å²) in [7, 11) is 1.55. The van der Waals surface area contributed by atoms with Crippen LogP contribution in [0, 0.1) is 5.92 Å². The van der Waals surface area contributed by atoms with Gasteiger partial charge in [-0.15, -0.1) is 0 Å². The quantitative estimate of drug-likeness (QED) is 0.931. The molecule has 120 valence electrons. The number of para-hydroxylation sites is 1. The summed E-state index contributed by atoms with van der Waals surface area (Å²) in [5.41, 5.74) is 2.21. The molecule has 1 saturated carbocycles. The predicted molar refractivity (Wildman–Crippen MR) is 85.9 cm³/mol. The molecular formula is C18H19NO4. The first-order valence-electron chi connectivity index (χ1n) is 7.71.